The number of anilines is 1. The van der Waals surface area contributed by atoms with Gasteiger partial charge in [0.25, 0.3) is 0 Å². The molecule has 1 aromatic heterocycles. The van der Waals surface area contributed by atoms with Gasteiger partial charge in [0.1, 0.15) is 10.8 Å². The molecule has 0 aliphatic carbocycles. The van der Waals surface area contributed by atoms with E-state index in [2.05, 4.69) is 5.32 Å². The lowest BCUT2D eigenvalue weighted by Crippen LogP contribution is -2.17. The second-order valence-electron chi connectivity index (χ2n) is 4.54. The molecular formula is C15H15FN2OS2. The number of aryl methyl sites for hydroxylation is 1. The van der Waals surface area contributed by atoms with Crippen molar-refractivity contribution in [1.82, 2.24) is 0 Å². The molecule has 21 heavy (non-hydrogen) atoms. The Labute approximate surface area is 132 Å². The molecule has 0 saturated carbocycles. The second kappa shape index (κ2) is 7.28. The molecule has 110 valence electrons. The zero-order chi connectivity index (χ0) is 15.2. The van der Waals surface area contributed by atoms with Crippen LogP contribution in [0.5, 0.6) is 0 Å². The summed E-state index contributed by atoms with van der Waals surface area (Å²) in [6, 6.07) is 8.01. The van der Waals surface area contributed by atoms with E-state index in [0.717, 1.165) is 12.8 Å². The molecule has 1 heterocycles. The summed E-state index contributed by atoms with van der Waals surface area (Å²) in [5.41, 5.74) is 6.33. The highest BCUT2D eigenvalue weighted by Gasteiger charge is 2.10. The van der Waals surface area contributed by atoms with E-state index in [0.29, 0.717) is 17.7 Å². The first-order chi connectivity index (χ1) is 10.1. The minimum absolute atomic E-state index is 0.0587. The molecule has 1 amide bonds. The Morgan fingerprint density at radius 2 is 2.19 bits per heavy atom. The van der Waals surface area contributed by atoms with Crippen LogP contribution in [0.1, 0.15) is 23.3 Å². The lowest BCUT2D eigenvalue weighted by molar-refractivity contribution is -0.116. The summed E-state index contributed by atoms with van der Waals surface area (Å²) < 4.78 is 13.2. The third kappa shape index (κ3) is 4.61. The maximum atomic E-state index is 13.2. The zero-order valence-corrected chi connectivity index (χ0v) is 12.9. The Morgan fingerprint density at radius 1 is 1.38 bits per heavy atom. The van der Waals surface area contributed by atoms with Crippen molar-refractivity contribution >= 4 is 40.1 Å². The molecule has 0 bridgehead atoms. The fourth-order valence-corrected chi connectivity index (χ4v) is 2.84. The van der Waals surface area contributed by atoms with Gasteiger partial charge in [-0.3, -0.25) is 4.79 Å². The van der Waals surface area contributed by atoms with Crippen LogP contribution in [-0.4, -0.2) is 10.9 Å². The molecule has 3 nitrogen and oxygen atoms in total. The standard InChI is InChI=1S/C15H15FN2OS2/c16-10-6-7-13(12(9-10)15(17)20)18-14(19)5-1-3-11-4-2-8-21-11/h2,4,6-9H,1,3,5H2,(H2,17,20)(H,18,19). The Balaban J connectivity index is 1.92. The third-order valence-corrected chi connectivity index (χ3v) is 4.08. The number of nitrogens with one attached hydrogen (secondary N) is 1. The number of rotatable bonds is 6. The number of carbonyl (C=O) groups excluding carboxylic acids is 1. The van der Waals surface area contributed by atoms with Crippen LogP contribution >= 0.6 is 23.6 Å². The van der Waals surface area contributed by atoms with Gasteiger partial charge in [0.15, 0.2) is 0 Å². The summed E-state index contributed by atoms with van der Waals surface area (Å²) in [4.78, 5) is 13.2. The number of nitrogens with two attached hydrogens (primary N) is 1. The van der Waals surface area contributed by atoms with E-state index in [1.807, 2.05) is 17.5 Å². The Bertz CT molecular complexity index is 641. The Morgan fingerprint density at radius 3 is 2.86 bits per heavy atom. The molecule has 0 fully saturated rings. The molecule has 0 radical (unpaired) electrons. The van der Waals surface area contributed by atoms with Gasteiger partial charge in [-0.15, -0.1) is 11.3 Å². The van der Waals surface area contributed by atoms with Gasteiger partial charge in [-0.05, 0) is 42.5 Å². The van der Waals surface area contributed by atoms with Crippen LogP contribution in [0.3, 0.4) is 0 Å². The van der Waals surface area contributed by atoms with Gasteiger partial charge in [-0.25, -0.2) is 4.39 Å². The van der Waals surface area contributed by atoms with Crippen LogP contribution in [0.4, 0.5) is 10.1 Å². The van der Waals surface area contributed by atoms with Crippen molar-refractivity contribution in [3.05, 3.63) is 52.0 Å². The second-order valence-corrected chi connectivity index (χ2v) is 6.01. The molecule has 0 saturated heterocycles. The van der Waals surface area contributed by atoms with E-state index in [9.17, 15) is 9.18 Å². The van der Waals surface area contributed by atoms with Gasteiger partial charge in [0.2, 0.25) is 5.91 Å². The van der Waals surface area contributed by atoms with Crippen LogP contribution in [0.25, 0.3) is 0 Å². The number of benzene rings is 1. The topological polar surface area (TPSA) is 55.1 Å². The van der Waals surface area contributed by atoms with Crippen LogP contribution in [-0.2, 0) is 11.2 Å². The van der Waals surface area contributed by atoms with E-state index >= 15 is 0 Å². The summed E-state index contributed by atoms with van der Waals surface area (Å²) in [6.45, 7) is 0. The molecule has 2 aromatic rings. The maximum Gasteiger partial charge on any atom is 0.224 e. The monoisotopic (exact) mass is 322 g/mol. The Kier molecular flexibility index (Phi) is 5.41. The van der Waals surface area contributed by atoms with Crippen molar-refractivity contribution in [2.45, 2.75) is 19.3 Å². The normalized spacial score (nSPS) is 10.3. The van der Waals surface area contributed by atoms with Crippen molar-refractivity contribution in [1.29, 1.82) is 0 Å². The van der Waals surface area contributed by atoms with Gasteiger partial charge < -0.3 is 11.1 Å². The minimum atomic E-state index is -0.437. The van der Waals surface area contributed by atoms with E-state index in [4.69, 9.17) is 18.0 Å². The quantitative estimate of drug-likeness (QED) is 0.801. The summed E-state index contributed by atoms with van der Waals surface area (Å²) in [6.07, 6.45) is 2.03. The first-order valence-electron chi connectivity index (χ1n) is 6.48. The largest absolute Gasteiger partial charge is 0.389 e. The summed E-state index contributed by atoms with van der Waals surface area (Å²) in [7, 11) is 0. The SMILES string of the molecule is NC(=S)c1cc(F)ccc1NC(=O)CCCc1cccs1. The lowest BCUT2D eigenvalue weighted by atomic mass is 10.1. The van der Waals surface area contributed by atoms with Crippen molar-refractivity contribution < 1.29 is 9.18 Å². The number of amides is 1. The van der Waals surface area contributed by atoms with Gasteiger partial charge in [0, 0.05) is 16.9 Å². The van der Waals surface area contributed by atoms with Crippen molar-refractivity contribution in [3.63, 3.8) is 0 Å². The molecule has 0 aliphatic rings. The van der Waals surface area contributed by atoms with Crippen LogP contribution in [0.2, 0.25) is 0 Å². The van der Waals surface area contributed by atoms with E-state index in [1.165, 1.54) is 23.1 Å². The lowest BCUT2D eigenvalue weighted by Gasteiger charge is -2.10. The van der Waals surface area contributed by atoms with Crippen molar-refractivity contribution in [3.8, 4) is 0 Å². The first-order valence-corrected chi connectivity index (χ1v) is 7.76. The average molecular weight is 322 g/mol. The molecule has 0 atom stereocenters. The number of thiophene rings is 1. The van der Waals surface area contributed by atoms with Gasteiger partial charge >= 0.3 is 0 Å². The number of halogens is 1. The predicted octanol–water partition coefficient (Wildman–Crippen LogP) is 3.48. The number of thiocarbonyl (C=S) groups is 1. The van der Waals surface area contributed by atoms with Gasteiger partial charge in [0.05, 0.1) is 5.69 Å². The minimum Gasteiger partial charge on any atom is -0.389 e. The van der Waals surface area contributed by atoms with E-state index < -0.39 is 5.82 Å². The number of carbonyl (C=O) groups is 1. The molecular weight excluding hydrogens is 307 g/mol. The summed E-state index contributed by atoms with van der Waals surface area (Å²) >= 11 is 6.54. The molecule has 2 rings (SSSR count). The fourth-order valence-electron chi connectivity index (χ4n) is 1.92. The highest BCUT2D eigenvalue weighted by atomic mass is 32.1. The highest BCUT2D eigenvalue weighted by molar-refractivity contribution is 7.80. The predicted molar refractivity (Wildman–Crippen MR) is 88.2 cm³/mol. The first kappa shape index (κ1) is 15.6. The van der Waals surface area contributed by atoms with Gasteiger partial charge in [-0.1, -0.05) is 18.3 Å². The molecule has 0 aliphatic heterocycles. The molecule has 0 unspecified atom stereocenters. The van der Waals surface area contributed by atoms with Crippen LogP contribution < -0.4 is 11.1 Å². The Hall–Kier alpha value is -1.79. The number of hydrogen-bond donors (Lipinski definition) is 2. The maximum absolute atomic E-state index is 13.2. The summed E-state index contributed by atoms with van der Waals surface area (Å²) in [5, 5.41) is 4.75. The molecule has 3 N–H and O–H groups in total. The van der Waals surface area contributed by atoms with E-state index in [1.54, 1.807) is 11.3 Å². The summed E-state index contributed by atoms with van der Waals surface area (Å²) in [5.74, 6) is -0.566. The van der Waals surface area contributed by atoms with Crippen molar-refractivity contribution in [2.75, 3.05) is 5.32 Å². The number of hydrogen-bond acceptors (Lipinski definition) is 3. The molecule has 1 aromatic carbocycles. The smallest absolute Gasteiger partial charge is 0.224 e. The fraction of sp³-hybridized carbons (Fsp3) is 0.200. The van der Waals surface area contributed by atoms with E-state index in [-0.39, 0.29) is 10.9 Å². The van der Waals surface area contributed by atoms with Crippen LogP contribution in [0.15, 0.2) is 35.7 Å². The molecule has 6 heteroatoms. The highest BCUT2D eigenvalue weighted by Crippen LogP contribution is 2.18. The van der Waals surface area contributed by atoms with Gasteiger partial charge in [-0.2, -0.15) is 0 Å². The van der Waals surface area contributed by atoms with Crippen LogP contribution in [0, 0.1) is 5.82 Å². The van der Waals surface area contributed by atoms with Crippen molar-refractivity contribution in [2.24, 2.45) is 5.73 Å². The zero-order valence-electron chi connectivity index (χ0n) is 11.3. The molecule has 0 spiro atoms. The average Bonchev–Trinajstić information content (AvgIpc) is 2.94. The third-order valence-electron chi connectivity index (χ3n) is 2.93.